The van der Waals surface area contributed by atoms with Gasteiger partial charge in [-0.25, -0.2) is 0 Å². The number of nitrogens with zero attached hydrogens (tertiary/aromatic N) is 3. The number of halogens is 2. The highest BCUT2D eigenvalue weighted by Crippen LogP contribution is 2.38. The van der Waals surface area contributed by atoms with Crippen molar-refractivity contribution in [1.82, 2.24) is 14.8 Å². The van der Waals surface area contributed by atoms with E-state index in [1.165, 1.54) is 11.1 Å². The van der Waals surface area contributed by atoms with Crippen molar-refractivity contribution in [2.45, 2.75) is 25.3 Å². The molecular formula is C18H15Cl2N3. The van der Waals surface area contributed by atoms with Crippen LogP contribution in [0.25, 0.3) is 11.4 Å². The summed E-state index contributed by atoms with van der Waals surface area (Å²) in [5.41, 5.74) is 3.57. The van der Waals surface area contributed by atoms with Gasteiger partial charge in [-0.3, -0.25) is 0 Å². The molecule has 23 heavy (non-hydrogen) atoms. The summed E-state index contributed by atoms with van der Waals surface area (Å²) in [7, 11) is 0. The molecule has 1 aliphatic carbocycles. The smallest absolute Gasteiger partial charge is 0.165 e. The van der Waals surface area contributed by atoms with Crippen LogP contribution in [-0.2, 0) is 6.42 Å². The largest absolute Gasteiger partial charge is 0.306 e. The summed E-state index contributed by atoms with van der Waals surface area (Å²) in [5.74, 6) is 0.763. The Morgan fingerprint density at radius 2 is 1.91 bits per heavy atom. The molecule has 2 aromatic carbocycles. The van der Waals surface area contributed by atoms with Gasteiger partial charge in [-0.1, -0.05) is 53.5 Å². The highest BCUT2D eigenvalue weighted by Gasteiger charge is 2.25. The van der Waals surface area contributed by atoms with Gasteiger partial charge in [-0.15, -0.1) is 10.2 Å². The number of hydrogen-bond donors (Lipinski definition) is 0. The molecule has 5 heteroatoms. The van der Waals surface area contributed by atoms with E-state index in [2.05, 4.69) is 39.0 Å². The van der Waals surface area contributed by atoms with Crippen molar-refractivity contribution in [1.29, 1.82) is 0 Å². The van der Waals surface area contributed by atoms with E-state index in [4.69, 9.17) is 23.2 Å². The van der Waals surface area contributed by atoms with Crippen LogP contribution in [0.1, 0.15) is 30.0 Å². The predicted octanol–water partition coefficient (Wildman–Crippen LogP) is 5.18. The number of hydrogen-bond acceptors (Lipinski definition) is 2. The molecule has 4 rings (SSSR count). The van der Waals surface area contributed by atoms with Crippen LogP contribution in [0.2, 0.25) is 10.0 Å². The molecule has 0 fully saturated rings. The van der Waals surface area contributed by atoms with Gasteiger partial charge in [0, 0.05) is 5.56 Å². The Balaban J connectivity index is 1.84. The molecule has 1 heterocycles. The molecule has 3 nitrogen and oxygen atoms in total. The first kappa shape index (κ1) is 14.7. The maximum absolute atomic E-state index is 6.38. The Kier molecular flexibility index (Phi) is 3.83. The summed E-state index contributed by atoms with van der Waals surface area (Å²) in [6.07, 6.45) is 5.14. The van der Waals surface area contributed by atoms with Gasteiger partial charge in [0.1, 0.15) is 6.33 Å². The topological polar surface area (TPSA) is 30.7 Å². The van der Waals surface area contributed by atoms with Gasteiger partial charge < -0.3 is 4.57 Å². The quantitative estimate of drug-likeness (QED) is 0.641. The van der Waals surface area contributed by atoms with Gasteiger partial charge in [-0.2, -0.15) is 0 Å². The van der Waals surface area contributed by atoms with Crippen LogP contribution in [0.4, 0.5) is 0 Å². The van der Waals surface area contributed by atoms with Gasteiger partial charge in [0.25, 0.3) is 0 Å². The molecule has 1 atom stereocenters. The van der Waals surface area contributed by atoms with E-state index in [-0.39, 0.29) is 6.04 Å². The maximum Gasteiger partial charge on any atom is 0.165 e. The van der Waals surface area contributed by atoms with Crippen molar-refractivity contribution in [3.05, 3.63) is 70.0 Å². The van der Waals surface area contributed by atoms with Crippen LogP contribution in [-0.4, -0.2) is 14.8 Å². The predicted molar refractivity (Wildman–Crippen MR) is 93.0 cm³/mol. The number of aromatic nitrogens is 3. The summed E-state index contributed by atoms with van der Waals surface area (Å²) in [4.78, 5) is 0. The van der Waals surface area contributed by atoms with E-state index in [0.717, 1.165) is 30.7 Å². The van der Waals surface area contributed by atoms with Gasteiger partial charge in [-0.05, 0) is 42.5 Å². The normalized spacial score (nSPS) is 17.0. The van der Waals surface area contributed by atoms with E-state index < -0.39 is 0 Å². The molecule has 0 saturated heterocycles. The molecule has 0 saturated carbocycles. The number of aryl methyl sites for hydroxylation is 1. The van der Waals surface area contributed by atoms with Crippen molar-refractivity contribution in [2.75, 3.05) is 0 Å². The molecule has 0 bridgehead atoms. The Morgan fingerprint density at radius 1 is 1.04 bits per heavy atom. The SMILES string of the molecule is Clc1cccc(-c2nncn2C2CCCc3ccccc32)c1Cl. The lowest BCUT2D eigenvalue weighted by atomic mass is 9.87. The lowest BCUT2D eigenvalue weighted by molar-refractivity contribution is 0.492. The summed E-state index contributed by atoms with van der Waals surface area (Å²) in [6, 6.07) is 14.4. The van der Waals surface area contributed by atoms with Crippen LogP contribution in [0.5, 0.6) is 0 Å². The Bertz CT molecular complexity index is 857. The van der Waals surface area contributed by atoms with Gasteiger partial charge in [0.2, 0.25) is 0 Å². The summed E-state index contributed by atoms with van der Waals surface area (Å²) in [6.45, 7) is 0. The zero-order valence-electron chi connectivity index (χ0n) is 12.4. The molecule has 1 aliphatic rings. The second kappa shape index (κ2) is 5.99. The number of fused-ring (bicyclic) bond motifs is 1. The standard InChI is InChI=1S/C18H15Cl2N3/c19-15-9-4-8-14(17(15)20)18-22-21-11-23(18)16-10-3-6-12-5-1-2-7-13(12)16/h1-2,4-5,7-9,11,16H,3,6,10H2. The van der Waals surface area contributed by atoms with Crippen molar-refractivity contribution >= 4 is 23.2 Å². The molecule has 0 spiro atoms. The molecule has 0 radical (unpaired) electrons. The van der Waals surface area contributed by atoms with Crippen LogP contribution in [0.15, 0.2) is 48.8 Å². The molecule has 0 N–H and O–H groups in total. The van der Waals surface area contributed by atoms with Crippen molar-refractivity contribution in [3.63, 3.8) is 0 Å². The van der Waals surface area contributed by atoms with Crippen molar-refractivity contribution in [2.24, 2.45) is 0 Å². The average molecular weight is 344 g/mol. The van der Waals surface area contributed by atoms with E-state index in [9.17, 15) is 0 Å². The lowest BCUT2D eigenvalue weighted by Crippen LogP contribution is -2.17. The van der Waals surface area contributed by atoms with E-state index >= 15 is 0 Å². The van der Waals surface area contributed by atoms with Gasteiger partial charge >= 0.3 is 0 Å². The second-order valence-corrected chi connectivity index (χ2v) is 6.56. The first-order chi connectivity index (χ1) is 11.3. The molecular weight excluding hydrogens is 329 g/mol. The minimum Gasteiger partial charge on any atom is -0.306 e. The monoisotopic (exact) mass is 343 g/mol. The third-order valence-electron chi connectivity index (χ3n) is 4.44. The highest BCUT2D eigenvalue weighted by molar-refractivity contribution is 6.43. The summed E-state index contributed by atoms with van der Waals surface area (Å²) >= 11 is 12.5. The molecule has 3 aromatic rings. The zero-order chi connectivity index (χ0) is 15.8. The van der Waals surface area contributed by atoms with E-state index in [1.54, 1.807) is 12.4 Å². The van der Waals surface area contributed by atoms with Crippen molar-refractivity contribution in [3.8, 4) is 11.4 Å². The van der Waals surface area contributed by atoms with Crippen LogP contribution in [0, 0.1) is 0 Å². The molecule has 1 unspecified atom stereocenters. The second-order valence-electron chi connectivity index (χ2n) is 5.77. The minimum absolute atomic E-state index is 0.236. The van der Waals surface area contributed by atoms with Crippen molar-refractivity contribution < 1.29 is 0 Å². The lowest BCUT2D eigenvalue weighted by Gasteiger charge is -2.27. The Labute approximate surface area is 144 Å². The fourth-order valence-electron chi connectivity index (χ4n) is 3.36. The fraction of sp³-hybridized carbons (Fsp3) is 0.222. The number of rotatable bonds is 2. The van der Waals surface area contributed by atoms with E-state index in [1.807, 2.05) is 12.1 Å². The molecule has 1 aromatic heterocycles. The average Bonchev–Trinajstić information content (AvgIpc) is 3.06. The van der Waals surface area contributed by atoms with Crippen LogP contribution < -0.4 is 0 Å². The van der Waals surface area contributed by atoms with Crippen LogP contribution in [0.3, 0.4) is 0 Å². The summed E-state index contributed by atoms with van der Waals surface area (Å²) in [5, 5.41) is 9.49. The minimum atomic E-state index is 0.236. The summed E-state index contributed by atoms with van der Waals surface area (Å²) < 4.78 is 2.12. The first-order valence-electron chi connectivity index (χ1n) is 7.67. The fourth-order valence-corrected chi connectivity index (χ4v) is 3.74. The highest BCUT2D eigenvalue weighted by atomic mass is 35.5. The first-order valence-corrected chi connectivity index (χ1v) is 8.43. The third-order valence-corrected chi connectivity index (χ3v) is 5.26. The maximum atomic E-state index is 6.38. The Morgan fingerprint density at radius 3 is 2.83 bits per heavy atom. The zero-order valence-corrected chi connectivity index (χ0v) is 13.9. The van der Waals surface area contributed by atoms with Gasteiger partial charge in [0.15, 0.2) is 5.82 Å². The van der Waals surface area contributed by atoms with E-state index in [0.29, 0.717) is 10.0 Å². The molecule has 116 valence electrons. The molecule has 0 aliphatic heterocycles. The molecule has 0 amide bonds. The number of benzene rings is 2. The third kappa shape index (κ3) is 2.54. The van der Waals surface area contributed by atoms with Gasteiger partial charge in [0.05, 0.1) is 16.1 Å². The Hall–Kier alpha value is -1.84. The van der Waals surface area contributed by atoms with Crippen LogP contribution >= 0.6 is 23.2 Å².